The van der Waals surface area contributed by atoms with Crippen LogP contribution in [0.1, 0.15) is 26.7 Å². The SMILES string of the molecule is CC1=CC(C)CC(C(C(=O)O)N(C)C=O)C1. The third kappa shape index (κ3) is 2.84. The fraction of sp³-hybridized carbons (Fsp3) is 0.667. The highest BCUT2D eigenvalue weighted by molar-refractivity contribution is 5.76. The molecule has 0 aliphatic heterocycles. The number of carbonyl (C=O) groups excluding carboxylic acids is 1. The second-order valence-electron chi connectivity index (χ2n) is 4.74. The molecule has 16 heavy (non-hydrogen) atoms. The molecule has 0 saturated heterocycles. The van der Waals surface area contributed by atoms with E-state index in [-0.39, 0.29) is 5.92 Å². The highest BCUT2D eigenvalue weighted by Gasteiger charge is 2.33. The van der Waals surface area contributed by atoms with E-state index in [0.717, 1.165) is 12.8 Å². The zero-order valence-corrected chi connectivity index (χ0v) is 10.0. The molecule has 1 aliphatic carbocycles. The maximum atomic E-state index is 11.2. The standard InChI is InChI=1S/C12H19NO3/c1-8-4-9(2)6-10(5-8)11(12(15)16)13(3)7-14/h4,7-8,10-11H,5-6H2,1-3H3,(H,15,16). The van der Waals surface area contributed by atoms with Crippen molar-refractivity contribution in [1.29, 1.82) is 0 Å². The second-order valence-corrected chi connectivity index (χ2v) is 4.74. The van der Waals surface area contributed by atoms with E-state index in [2.05, 4.69) is 13.0 Å². The fourth-order valence-electron chi connectivity index (χ4n) is 2.61. The molecular weight excluding hydrogens is 206 g/mol. The van der Waals surface area contributed by atoms with E-state index in [4.69, 9.17) is 0 Å². The predicted octanol–water partition coefficient (Wildman–Crippen LogP) is 1.52. The molecule has 0 fully saturated rings. The largest absolute Gasteiger partial charge is 0.480 e. The molecule has 0 radical (unpaired) electrons. The van der Waals surface area contributed by atoms with Crippen molar-refractivity contribution in [2.75, 3.05) is 7.05 Å². The van der Waals surface area contributed by atoms with Crippen LogP contribution in [0.15, 0.2) is 11.6 Å². The van der Waals surface area contributed by atoms with Gasteiger partial charge in [-0.2, -0.15) is 0 Å². The minimum Gasteiger partial charge on any atom is -0.480 e. The lowest BCUT2D eigenvalue weighted by Gasteiger charge is -2.33. The van der Waals surface area contributed by atoms with Crippen molar-refractivity contribution in [3.8, 4) is 0 Å². The van der Waals surface area contributed by atoms with E-state index >= 15 is 0 Å². The van der Waals surface area contributed by atoms with Crippen molar-refractivity contribution < 1.29 is 14.7 Å². The van der Waals surface area contributed by atoms with Gasteiger partial charge in [-0.05, 0) is 31.6 Å². The number of nitrogens with zero attached hydrogens (tertiary/aromatic N) is 1. The van der Waals surface area contributed by atoms with Gasteiger partial charge in [-0.3, -0.25) is 4.79 Å². The molecule has 4 nitrogen and oxygen atoms in total. The number of allylic oxidation sites excluding steroid dienone is 2. The minimum absolute atomic E-state index is 0.0210. The Balaban J connectivity index is 2.84. The van der Waals surface area contributed by atoms with E-state index in [0.29, 0.717) is 12.3 Å². The van der Waals surface area contributed by atoms with Crippen LogP contribution in [0.3, 0.4) is 0 Å². The van der Waals surface area contributed by atoms with Gasteiger partial charge in [0, 0.05) is 7.05 Å². The first-order chi connectivity index (χ1) is 7.45. The Morgan fingerprint density at radius 1 is 1.69 bits per heavy atom. The highest BCUT2D eigenvalue weighted by Crippen LogP contribution is 2.31. The number of hydrogen-bond donors (Lipinski definition) is 1. The Kier molecular flexibility index (Phi) is 4.10. The molecule has 4 heteroatoms. The maximum Gasteiger partial charge on any atom is 0.326 e. The topological polar surface area (TPSA) is 57.6 Å². The molecule has 0 heterocycles. The number of hydrogen-bond acceptors (Lipinski definition) is 2. The molecule has 0 aromatic heterocycles. The summed E-state index contributed by atoms with van der Waals surface area (Å²) in [5.74, 6) is -0.505. The predicted molar refractivity (Wildman–Crippen MR) is 60.9 cm³/mol. The van der Waals surface area contributed by atoms with E-state index in [1.807, 2.05) is 6.92 Å². The van der Waals surface area contributed by atoms with Gasteiger partial charge in [0.2, 0.25) is 6.41 Å². The molecule has 90 valence electrons. The van der Waals surface area contributed by atoms with Crippen LogP contribution in [0, 0.1) is 11.8 Å². The Labute approximate surface area is 95.9 Å². The molecule has 1 N–H and O–H groups in total. The fourth-order valence-corrected chi connectivity index (χ4v) is 2.61. The van der Waals surface area contributed by atoms with Crippen LogP contribution in [0.4, 0.5) is 0 Å². The van der Waals surface area contributed by atoms with E-state index < -0.39 is 12.0 Å². The number of carboxylic acid groups (broad SMARTS) is 1. The summed E-state index contributed by atoms with van der Waals surface area (Å²) in [7, 11) is 1.53. The Morgan fingerprint density at radius 3 is 2.75 bits per heavy atom. The lowest BCUT2D eigenvalue weighted by atomic mass is 9.79. The summed E-state index contributed by atoms with van der Waals surface area (Å²) in [6.07, 6.45) is 4.36. The third-order valence-corrected chi connectivity index (χ3v) is 3.13. The smallest absolute Gasteiger partial charge is 0.326 e. The molecule has 1 aliphatic rings. The number of likely N-dealkylation sites (N-methyl/N-ethyl adjacent to an activating group) is 1. The summed E-state index contributed by atoms with van der Waals surface area (Å²) in [5.41, 5.74) is 1.22. The van der Waals surface area contributed by atoms with Crippen molar-refractivity contribution in [3.05, 3.63) is 11.6 Å². The molecule has 0 saturated carbocycles. The van der Waals surface area contributed by atoms with Gasteiger partial charge in [0.15, 0.2) is 0 Å². The number of carboxylic acids is 1. The van der Waals surface area contributed by atoms with Crippen LogP contribution in [0.25, 0.3) is 0 Å². The summed E-state index contributed by atoms with van der Waals surface area (Å²) in [6, 6.07) is -0.705. The van der Waals surface area contributed by atoms with Crippen LogP contribution < -0.4 is 0 Å². The highest BCUT2D eigenvalue weighted by atomic mass is 16.4. The van der Waals surface area contributed by atoms with Crippen molar-refractivity contribution in [2.24, 2.45) is 11.8 Å². The van der Waals surface area contributed by atoms with Gasteiger partial charge < -0.3 is 10.0 Å². The van der Waals surface area contributed by atoms with Crippen LogP contribution in [-0.4, -0.2) is 35.5 Å². The van der Waals surface area contributed by atoms with Gasteiger partial charge in [0.1, 0.15) is 6.04 Å². The summed E-state index contributed by atoms with van der Waals surface area (Å²) < 4.78 is 0. The molecule has 3 atom stereocenters. The number of carbonyl (C=O) groups is 2. The normalized spacial score (nSPS) is 26.8. The van der Waals surface area contributed by atoms with Crippen LogP contribution in [-0.2, 0) is 9.59 Å². The summed E-state index contributed by atoms with van der Waals surface area (Å²) in [6.45, 7) is 4.10. The van der Waals surface area contributed by atoms with Crippen molar-refractivity contribution in [2.45, 2.75) is 32.7 Å². The minimum atomic E-state index is -0.915. The average Bonchev–Trinajstić information content (AvgIpc) is 2.15. The first-order valence-corrected chi connectivity index (χ1v) is 5.53. The first-order valence-electron chi connectivity index (χ1n) is 5.53. The third-order valence-electron chi connectivity index (χ3n) is 3.13. The zero-order valence-electron chi connectivity index (χ0n) is 10.0. The van der Waals surface area contributed by atoms with Crippen molar-refractivity contribution in [1.82, 2.24) is 4.90 Å². The zero-order chi connectivity index (χ0) is 12.3. The lowest BCUT2D eigenvalue weighted by molar-refractivity contribution is -0.148. The van der Waals surface area contributed by atoms with Gasteiger partial charge in [-0.1, -0.05) is 18.6 Å². The first kappa shape index (κ1) is 12.7. The lowest BCUT2D eigenvalue weighted by Crippen LogP contribution is -2.44. The molecular formula is C12H19NO3. The van der Waals surface area contributed by atoms with E-state index in [9.17, 15) is 14.7 Å². The summed E-state index contributed by atoms with van der Waals surface area (Å²) in [5, 5.41) is 9.18. The molecule has 3 unspecified atom stereocenters. The summed E-state index contributed by atoms with van der Waals surface area (Å²) >= 11 is 0. The molecule has 1 rings (SSSR count). The Hall–Kier alpha value is -1.32. The molecule has 0 aromatic rings. The van der Waals surface area contributed by atoms with Gasteiger partial charge in [-0.25, -0.2) is 4.79 Å². The molecule has 0 bridgehead atoms. The average molecular weight is 225 g/mol. The number of aliphatic carboxylic acids is 1. The second kappa shape index (κ2) is 5.14. The summed E-state index contributed by atoms with van der Waals surface area (Å²) in [4.78, 5) is 23.2. The number of rotatable bonds is 4. The molecule has 0 spiro atoms. The van der Waals surface area contributed by atoms with Crippen LogP contribution in [0.5, 0.6) is 0 Å². The maximum absolute atomic E-state index is 11.2. The van der Waals surface area contributed by atoms with Crippen molar-refractivity contribution in [3.63, 3.8) is 0 Å². The van der Waals surface area contributed by atoms with Gasteiger partial charge in [0.05, 0.1) is 0 Å². The quantitative estimate of drug-likeness (QED) is 0.583. The Bertz CT molecular complexity index is 311. The molecule has 0 aromatic carbocycles. The van der Waals surface area contributed by atoms with Crippen molar-refractivity contribution >= 4 is 12.4 Å². The van der Waals surface area contributed by atoms with E-state index in [1.54, 1.807) is 0 Å². The Morgan fingerprint density at radius 2 is 2.31 bits per heavy atom. The monoisotopic (exact) mass is 225 g/mol. The number of amides is 1. The van der Waals surface area contributed by atoms with Crippen LogP contribution >= 0.6 is 0 Å². The van der Waals surface area contributed by atoms with Gasteiger partial charge >= 0.3 is 5.97 Å². The molecule has 1 amide bonds. The van der Waals surface area contributed by atoms with Crippen LogP contribution in [0.2, 0.25) is 0 Å². The van der Waals surface area contributed by atoms with Gasteiger partial charge in [-0.15, -0.1) is 0 Å². The van der Waals surface area contributed by atoms with Gasteiger partial charge in [0.25, 0.3) is 0 Å². The van der Waals surface area contributed by atoms with E-state index in [1.165, 1.54) is 17.5 Å².